The molecule has 1 saturated heterocycles. The quantitative estimate of drug-likeness (QED) is 0.741. The van der Waals surface area contributed by atoms with Gasteiger partial charge >= 0.3 is 0 Å². The summed E-state index contributed by atoms with van der Waals surface area (Å²) in [5.74, 6) is 2.81. The van der Waals surface area contributed by atoms with Crippen LogP contribution in [0.25, 0.3) is 0 Å². The maximum atomic E-state index is 4.55. The molecule has 2 heterocycles. The van der Waals surface area contributed by atoms with Crippen LogP contribution in [0.15, 0.2) is 0 Å². The Kier molecular flexibility index (Phi) is 2.32. The smallest absolute Gasteiger partial charge is 0.244 e. The molecule has 0 amide bonds. The van der Waals surface area contributed by atoms with Crippen molar-refractivity contribution < 1.29 is 0 Å². The molecule has 2 N–H and O–H groups in total. The highest BCUT2D eigenvalue weighted by Crippen LogP contribution is 2.31. The Morgan fingerprint density at radius 2 is 2.07 bits per heavy atom. The first-order valence-electron chi connectivity index (χ1n) is 5.79. The van der Waals surface area contributed by atoms with Crippen molar-refractivity contribution in [2.24, 2.45) is 5.92 Å². The van der Waals surface area contributed by atoms with E-state index in [2.05, 4.69) is 25.4 Å². The van der Waals surface area contributed by atoms with Crippen LogP contribution >= 0.6 is 0 Å². The summed E-state index contributed by atoms with van der Waals surface area (Å²) < 4.78 is 0. The van der Waals surface area contributed by atoms with Gasteiger partial charge in [0.2, 0.25) is 5.95 Å². The first kappa shape index (κ1) is 9.15. The highest BCUT2D eigenvalue weighted by Gasteiger charge is 2.24. The molecule has 2 fully saturated rings. The molecule has 0 atom stereocenters. The lowest BCUT2D eigenvalue weighted by Gasteiger charge is -2.25. The van der Waals surface area contributed by atoms with E-state index in [0.29, 0.717) is 0 Å². The van der Waals surface area contributed by atoms with Gasteiger partial charge in [0.1, 0.15) is 5.82 Å². The monoisotopic (exact) mass is 207 g/mol. The fourth-order valence-corrected chi connectivity index (χ4v) is 1.98. The van der Waals surface area contributed by atoms with Gasteiger partial charge in [-0.15, -0.1) is 5.10 Å². The molecule has 5 nitrogen and oxygen atoms in total. The molecule has 0 bridgehead atoms. The van der Waals surface area contributed by atoms with Crippen LogP contribution in [-0.4, -0.2) is 41.4 Å². The maximum Gasteiger partial charge on any atom is 0.244 e. The average Bonchev–Trinajstić information content (AvgIpc) is 2.96. The number of hydrogen-bond donors (Lipinski definition) is 2. The molecular weight excluding hydrogens is 190 g/mol. The summed E-state index contributed by atoms with van der Waals surface area (Å²) in [6.07, 6.45) is 3.81. The van der Waals surface area contributed by atoms with Crippen LogP contribution in [0.5, 0.6) is 0 Å². The topological polar surface area (TPSA) is 56.8 Å². The van der Waals surface area contributed by atoms with Gasteiger partial charge in [0.25, 0.3) is 0 Å². The molecule has 82 valence electrons. The van der Waals surface area contributed by atoms with Crippen molar-refractivity contribution in [3.63, 3.8) is 0 Å². The fourth-order valence-electron chi connectivity index (χ4n) is 1.98. The largest absolute Gasteiger partial charge is 0.337 e. The Labute approximate surface area is 89.3 Å². The van der Waals surface area contributed by atoms with Gasteiger partial charge in [-0.1, -0.05) is 0 Å². The van der Waals surface area contributed by atoms with Gasteiger partial charge in [0.15, 0.2) is 0 Å². The number of hydrogen-bond acceptors (Lipinski definition) is 4. The van der Waals surface area contributed by atoms with E-state index in [-0.39, 0.29) is 0 Å². The zero-order valence-electron chi connectivity index (χ0n) is 8.87. The first-order chi connectivity index (χ1) is 7.42. The third-order valence-electron chi connectivity index (χ3n) is 3.10. The minimum Gasteiger partial charge on any atom is -0.337 e. The summed E-state index contributed by atoms with van der Waals surface area (Å²) in [6.45, 7) is 4.10. The van der Waals surface area contributed by atoms with Gasteiger partial charge in [-0.25, -0.2) is 0 Å². The molecule has 0 spiro atoms. The summed E-state index contributed by atoms with van der Waals surface area (Å²) in [4.78, 5) is 6.79. The van der Waals surface area contributed by atoms with Gasteiger partial charge in [-0.3, -0.25) is 5.10 Å². The predicted molar refractivity (Wildman–Crippen MR) is 57.9 cm³/mol. The Bertz CT molecular complexity index is 324. The fraction of sp³-hybridized carbons (Fsp3) is 0.800. The van der Waals surface area contributed by atoms with Crippen LogP contribution in [-0.2, 0) is 6.42 Å². The van der Waals surface area contributed by atoms with Crippen LogP contribution in [0.4, 0.5) is 5.95 Å². The van der Waals surface area contributed by atoms with E-state index < -0.39 is 0 Å². The van der Waals surface area contributed by atoms with Crippen LogP contribution in [0.3, 0.4) is 0 Å². The van der Waals surface area contributed by atoms with Crippen LogP contribution in [0.1, 0.15) is 18.7 Å². The normalized spacial score (nSPS) is 22.0. The Morgan fingerprint density at radius 3 is 2.80 bits per heavy atom. The molecule has 1 aromatic rings. The zero-order chi connectivity index (χ0) is 10.1. The molecule has 3 rings (SSSR count). The van der Waals surface area contributed by atoms with Crippen molar-refractivity contribution in [1.82, 2.24) is 20.5 Å². The van der Waals surface area contributed by atoms with Crippen molar-refractivity contribution in [2.45, 2.75) is 19.3 Å². The number of aromatic amines is 1. The van der Waals surface area contributed by atoms with Gasteiger partial charge in [-0.05, 0) is 18.8 Å². The highest BCUT2D eigenvalue weighted by molar-refractivity contribution is 5.29. The number of anilines is 1. The van der Waals surface area contributed by atoms with Crippen molar-refractivity contribution in [3.05, 3.63) is 5.82 Å². The van der Waals surface area contributed by atoms with E-state index in [1.54, 1.807) is 0 Å². The Morgan fingerprint density at radius 1 is 1.27 bits per heavy atom. The lowest BCUT2D eigenvalue weighted by molar-refractivity contribution is 0.580. The number of rotatable bonds is 3. The molecule has 0 radical (unpaired) electrons. The zero-order valence-corrected chi connectivity index (χ0v) is 8.87. The van der Waals surface area contributed by atoms with Crippen molar-refractivity contribution in [2.75, 3.05) is 31.1 Å². The Balaban J connectivity index is 1.65. The maximum absolute atomic E-state index is 4.55. The molecular formula is C10H17N5. The third-order valence-corrected chi connectivity index (χ3v) is 3.10. The average molecular weight is 207 g/mol. The molecule has 5 heteroatoms. The third kappa shape index (κ3) is 2.12. The van der Waals surface area contributed by atoms with Crippen molar-refractivity contribution in [1.29, 1.82) is 0 Å². The summed E-state index contributed by atoms with van der Waals surface area (Å²) in [6, 6.07) is 0. The lowest BCUT2D eigenvalue weighted by Crippen LogP contribution is -2.44. The molecule has 15 heavy (non-hydrogen) atoms. The molecule has 0 unspecified atom stereocenters. The summed E-state index contributed by atoms with van der Waals surface area (Å²) in [5.41, 5.74) is 0. The number of aromatic nitrogens is 3. The molecule has 2 aliphatic rings. The number of nitrogens with one attached hydrogen (secondary N) is 2. The second-order valence-corrected chi connectivity index (χ2v) is 4.47. The van der Waals surface area contributed by atoms with Gasteiger partial charge in [0.05, 0.1) is 0 Å². The molecule has 1 aliphatic heterocycles. The van der Waals surface area contributed by atoms with Gasteiger partial charge in [0, 0.05) is 32.6 Å². The highest BCUT2D eigenvalue weighted by atomic mass is 15.4. The second kappa shape index (κ2) is 3.81. The molecule has 1 aliphatic carbocycles. The molecule has 0 aromatic carbocycles. The number of H-pyrrole nitrogens is 1. The lowest BCUT2D eigenvalue weighted by atomic mass is 10.3. The summed E-state index contributed by atoms with van der Waals surface area (Å²) >= 11 is 0. The van der Waals surface area contributed by atoms with Crippen LogP contribution in [0.2, 0.25) is 0 Å². The molecule has 1 saturated carbocycles. The van der Waals surface area contributed by atoms with Crippen LogP contribution in [0, 0.1) is 5.92 Å². The van der Waals surface area contributed by atoms with E-state index in [9.17, 15) is 0 Å². The second-order valence-electron chi connectivity index (χ2n) is 4.47. The minimum absolute atomic E-state index is 0.869. The van der Waals surface area contributed by atoms with E-state index in [1.165, 1.54) is 12.8 Å². The van der Waals surface area contributed by atoms with Crippen LogP contribution < -0.4 is 10.2 Å². The summed E-state index contributed by atoms with van der Waals surface area (Å²) in [5, 5.41) is 10.7. The predicted octanol–water partition coefficient (Wildman–Crippen LogP) is 0.167. The van der Waals surface area contributed by atoms with E-state index >= 15 is 0 Å². The molecule has 1 aromatic heterocycles. The number of piperazine rings is 1. The summed E-state index contributed by atoms with van der Waals surface area (Å²) in [7, 11) is 0. The van der Waals surface area contributed by atoms with E-state index in [4.69, 9.17) is 0 Å². The Hall–Kier alpha value is -1.10. The minimum atomic E-state index is 0.869. The van der Waals surface area contributed by atoms with E-state index in [1.807, 2.05) is 0 Å². The first-order valence-corrected chi connectivity index (χ1v) is 5.79. The van der Waals surface area contributed by atoms with Gasteiger partial charge < -0.3 is 10.2 Å². The van der Waals surface area contributed by atoms with E-state index in [0.717, 1.165) is 50.3 Å². The van der Waals surface area contributed by atoms with Crippen molar-refractivity contribution >= 4 is 5.95 Å². The van der Waals surface area contributed by atoms with Crippen molar-refractivity contribution in [3.8, 4) is 0 Å². The van der Waals surface area contributed by atoms with Gasteiger partial charge in [-0.2, -0.15) is 4.98 Å². The standard InChI is InChI=1S/C10H17N5/c1-2-8(1)7-9-12-10(14-13-9)15-5-3-11-4-6-15/h8,11H,1-7H2,(H,12,13,14). The SMILES string of the molecule is C1CN(c2n[nH]c(CC3CC3)n2)CCN1. The number of nitrogens with zero attached hydrogens (tertiary/aromatic N) is 3.